The molecule has 0 aromatic rings. The summed E-state index contributed by atoms with van der Waals surface area (Å²) in [5.74, 6) is -0.117. The summed E-state index contributed by atoms with van der Waals surface area (Å²) in [5.41, 5.74) is 4.52. The Balaban J connectivity index is 4.51. The molecule has 33 heavy (non-hydrogen) atoms. The number of ether oxygens (including phenoxy) is 4. The second-order valence-electron chi connectivity index (χ2n) is 7.53. The summed E-state index contributed by atoms with van der Waals surface area (Å²) in [5, 5.41) is 0. The zero-order valence-electron chi connectivity index (χ0n) is 19.8. The molecule has 0 heterocycles. The van der Waals surface area contributed by atoms with Crippen LogP contribution in [0.15, 0.2) is 0 Å². The van der Waals surface area contributed by atoms with Gasteiger partial charge in [0.1, 0.15) is 19.8 Å². The monoisotopic (exact) mass is 509 g/mol. The van der Waals surface area contributed by atoms with E-state index in [1.165, 1.54) is 11.8 Å². The minimum atomic E-state index is -0.846. The van der Waals surface area contributed by atoms with E-state index in [4.69, 9.17) is 24.7 Å². The first-order valence-electron chi connectivity index (χ1n) is 11.3. The molecule has 2 N–H and O–H groups in total. The maximum Gasteiger partial charge on any atom is 0.307 e. The Labute approximate surface area is 206 Å². The topological polar surface area (TPSA) is 131 Å². The lowest BCUT2D eigenvalue weighted by Crippen LogP contribution is -2.39. The van der Waals surface area contributed by atoms with Crippen molar-refractivity contribution < 1.29 is 38.1 Å². The van der Waals surface area contributed by atoms with Gasteiger partial charge in [-0.3, -0.25) is 19.2 Å². The van der Waals surface area contributed by atoms with Crippen LogP contribution in [0.4, 0.5) is 0 Å². The zero-order valence-corrected chi connectivity index (χ0v) is 21.5. The Bertz CT molecular complexity index is 567. The summed E-state index contributed by atoms with van der Waals surface area (Å²) in [6.45, 7) is 4.31. The molecule has 0 aliphatic carbocycles. The van der Waals surface area contributed by atoms with E-state index >= 15 is 0 Å². The second-order valence-corrected chi connectivity index (χ2v) is 9.21. The zero-order chi connectivity index (χ0) is 25.0. The average molecular weight is 510 g/mol. The van der Waals surface area contributed by atoms with Crippen molar-refractivity contribution in [2.45, 2.75) is 58.8 Å². The molecule has 0 saturated heterocycles. The van der Waals surface area contributed by atoms with Gasteiger partial charge in [-0.2, -0.15) is 24.4 Å². The maximum absolute atomic E-state index is 12.2. The van der Waals surface area contributed by atoms with Gasteiger partial charge >= 0.3 is 23.9 Å². The molecule has 0 amide bonds. The summed E-state index contributed by atoms with van der Waals surface area (Å²) < 4.78 is 21.1. The standard InChI is InChI=1S/C22H39NO8S2/c1-3-5-11-28-20(26)8-13-33-14-9-21(27)31-17-22(4-2,15-29-18(24)6-10-23)16-30-19(25)7-12-32/h32H,3-17,23H2,1-2H3. The van der Waals surface area contributed by atoms with Crippen molar-refractivity contribution in [1.82, 2.24) is 0 Å². The molecular formula is C22H39NO8S2. The summed E-state index contributed by atoms with van der Waals surface area (Å²) in [7, 11) is 0. The van der Waals surface area contributed by atoms with E-state index in [0.29, 0.717) is 36.7 Å². The van der Waals surface area contributed by atoms with Crippen molar-refractivity contribution in [3.8, 4) is 0 Å². The number of hydrogen-bond acceptors (Lipinski definition) is 11. The molecule has 11 heteroatoms. The Hall–Kier alpha value is -1.46. The predicted molar refractivity (Wildman–Crippen MR) is 130 cm³/mol. The van der Waals surface area contributed by atoms with Crippen LogP contribution in [0.3, 0.4) is 0 Å². The number of esters is 4. The van der Waals surface area contributed by atoms with Crippen LogP contribution in [0.1, 0.15) is 58.8 Å². The molecule has 0 fully saturated rings. The fourth-order valence-corrected chi connectivity index (χ4v) is 3.38. The fraction of sp³-hybridized carbons (Fsp3) is 0.818. The normalized spacial score (nSPS) is 12.5. The Morgan fingerprint density at radius 1 is 0.788 bits per heavy atom. The quantitative estimate of drug-likeness (QED) is 0.109. The summed E-state index contributed by atoms with van der Waals surface area (Å²) in [6.07, 6.45) is 2.97. The Morgan fingerprint density at radius 2 is 1.27 bits per heavy atom. The molecule has 9 nitrogen and oxygen atoms in total. The molecule has 192 valence electrons. The summed E-state index contributed by atoms with van der Waals surface area (Å²) >= 11 is 5.47. The third kappa shape index (κ3) is 16.7. The third-order valence-electron chi connectivity index (χ3n) is 4.69. The molecule has 0 aromatic carbocycles. The highest BCUT2D eigenvalue weighted by Gasteiger charge is 2.34. The highest BCUT2D eigenvalue weighted by Crippen LogP contribution is 2.25. The van der Waals surface area contributed by atoms with Crippen LogP contribution in [-0.4, -0.2) is 74.1 Å². The van der Waals surface area contributed by atoms with Gasteiger partial charge in [-0.15, -0.1) is 0 Å². The van der Waals surface area contributed by atoms with Crippen molar-refractivity contribution in [3.63, 3.8) is 0 Å². The lowest BCUT2D eigenvalue weighted by atomic mass is 9.88. The van der Waals surface area contributed by atoms with Gasteiger partial charge in [-0.1, -0.05) is 20.3 Å². The van der Waals surface area contributed by atoms with Gasteiger partial charge in [0.15, 0.2) is 0 Å². The van der Waals surface area contributed by atoms with E-state index in [0.717, 1.165) is 12.8 Å². The van der Waals surface area contributed by atoms with E-state index in [1.54, 1.807) is 0 Å². The number of unbranched alkanes of at least 4 members (excludes halogenated alkanes) is 1. The number of hydrogen-bond donors (Lipinski definition) is 2. The molecule has 1 atom stereocenters. The van der Waals surface area contributed by atoms with E-state index in [2.05, 4.69) is 12.6 Å². The predicted octanol–water partition coefficient (Wildman–Crippen LogP) is 2.54. The molecule has 0 radical (unpaired) electrons. The lowest BCUT2D eigenvalue weighted by molar-refractivity contribution is -0.162. The van der Waals surface area contributed by atoms with Crippen LogP contribution in [0.5, 0.6) is 0 Å². The SMILES string of the molecule is CCCCOC(=O)CCSCCC(=O)OCC(CC)(COC(=O)CCN)COC(=O)CCS. The van der Waals surface area contributed by atoms with Crippen LogP contribution in [0.25, 0.3) is 0 Å². The molecule has 0 aromatic heterocycles. The summed E-state index contributed by atoms with van der Waals surface area (Å²) in [4.78, 5) is 47.3. The minimum Gasteiger partial charge on any atom is -0.466 e. The van der Waals surface area contributed by atoms with Crippen molar-refractivity contribution in [3.05, 3.63) is 0 Å². The van der Waals surface area contributed by atoms with Crippen LogP contribution < -0.4 is 5.73 Å². The van der Waals surface area contributed by atoms with Gasteiger partial charge < -0.3 is 24.7 Å². The summed E-state index contributed by atoms with van der Waals surface area (Å²) in [6, 6.07) is 0. The third-order valence-corrected chi connectivity index (χ3v) is 5.90. The second kappa shape index (κ2) is 20.0. The van der Waals surface area contributed by atoms with Gasteiger partial charge in [-0.25, -0.2) is 0 Å². The van der Waals surface area contributed by atoms with E-state index in [-0.39, 0.29) is 51.6 Å². The van der Waals surface area contributed by atoms with Gasteiger partial charge in [0.2, 0.25) is 0 Å². The highest BCUT2D eigenvalue weighted by atomic mass is 32.2. The van der Waals surface area contributed by atoms with Crippen molar-refractivity contribution in [1.29, 1.82) is 0 Å². The molecule has 1 unspecified atom stereocenters. The van der Waals surface area contributed by atoms with E-state index in [9.17, 15) is 19.2 Å². The smallest absolute Gasteiger partial charge is 0.307 e. The number of carbonyl (C=O) groups is 4. The van der Waals surface area contributed by atoms with Crippen molar-refractivity contribution in [2.24, 2.45) is 11.1 Å². The molecule has 0 aliphatic heterocycles. The molecule has 0 spiro atoms. The number of carbonyl (C=O) groups excluding carboxylic acids is 4. The number of rotatable bonds is 20. The van der Waals surface area contributed by atoms with Crippen molar-refractivity contribution >= 4 is 48.3 Å². The van der Waals surface area contributed by atoms with Gasteiger partial charge in [0.05, 0.1) is 37.7 Å². The van der Waals surface area contributed by atoms with Crippen LogP contribution in [0.2, 0.25) is 0 Å². The fourth-order valence-electron chi connectivity index (χ4n) is 2.37. The first kappa shape index (κ1) is 31.5. The van der Waals surface area contributed by atoms with Crippen molar-refractivity contribution in [2.75, 3.05) is 50.2 Å². The number of nitrogens with two attached hydrogens (primary N) is 1. The van der Waals surface area contributed by atoms with Gasteiger partial charge in [-0.05, 0) is 12.8 Å². The lowest BCUT2D eigenvalue weighted by Gasteiger charge is -2.31. The van der Waals surface area contributed by atoms with Gasteiger partial charge in [0.25, 0.3) is 0 Å². The first-order chi connectivity index (χ1) is 15.8. The largest absolute Gasteiger partial charge is 0.466 e. The van der Waals surface area contributed by atoms with Crippen LogP contribution in [0, 0.1) is 5.41 Å². The molecule has 0 bridgehead atoms. The van der Waals surface area contributed by atoms with Crippen LogP contribution in [-0.2, 0) is 38.1 Å². The molecule has 0 aliphatic rings. The van der Waals surface area contributed by atoms with Crippen LogP contribution >= 0.6 is 24.4 Å². The number of thioether (sulfide) groups is 1. The highest BCUT2D eigenvalue weighted by molar-refractivity contribution is 7.99. The average Bonchev–Trinajstić information content (AvgIpc) is 2.79. The first-order valence-corrected chi connectivity index (χ1v) is 13.1. The Kier molecular flexibility index (Phi) is 19.1. The molecule has 0 rings (SSSR count). The van der Waals surface area contributed by atoms with E-state index in [1.807, 2.05) is 13.8 Å². The maximum atomic E-state index is 12.2. The number of thiol groups is 1. The van der Waals surface area contributed by atoms with E-state index < -0.39 is 23.3 Å². The molecular weight excluding hydrogens is 470 g/mol. The minimum absolute atomic E-state index is 0.0474. The Morgan fingerprint density at radius 3 is 1.73 bits per heavy atom. The van der Waals surface area contributed by atoms with Gasteiger partial charge in [0, 0.05) is 23.8 Å². The molecule has 0 saturated carbocycles.